The Bertz CT molecular complexity index is 2130. The van der Waals surface area contributed by atoms with Gasteiger partial charge in [0.1, 0.15) is 0 Å². The van der Waals surface area contributed by atoms with Gasteiger partial charge in [-0.3, -0.25) is 0 Å². The minimum Gasteiger partial charge on any atom is -0.208 e. The van der Waals surface area contributed by atoms with E-state index in [9.17, 15) is 0 Å². The van der Waals surface area contributed by atoms with E-state index in [1.54, 1.807) is 0 Å². The van der Waals surface area contributed by atoms with Gasteiger partial charge in [0.2, 0.25) is 0 Å². The average molecular weight is 562 g/mol. The van der Waals surface area contributed by atoms with Crippen LogP contribution in [-0.2, 0) is 0 Å². The molecule has 7 aromatic carbocycles. The van der Waals surface area contributed by atoms with Gasteiger partial charge in [0.15, 0.2) is 17.5 Å². The lowest BCUT2D eigenvalue weighted by molar-refractivity contribution is 1.08. The largest absolute Gasteiger partial charge is 0.208 e. The Hall–Kier alpha value is -5.93. The van der Waals surface area contributed by atoms with Crippen molar-refractivity contribution in [2.75, 3.05) is 0 Å². The van der Waals surface area contributed by atoms with Gasteiger partial charge >= 0.3 is 0 Å². The lowest BCUT2D eigenvalue weighted by Crippen LogP contribution is -2.01. The van der Waals surface area contributed by atoms with Gasteiger partial charge in [0.05, 0.1) is 0 Å². The second-order valence-corrected chi connectivity index (χ2v) is 10.8. The molecule has 206 valence electrons. The number of fused-ring (bicyclic) bond motifs is 2. The molecule has 0 aliphatic carbocycles. The van der Waals surface area contributed by atoms with Crippen molar-refractivity contribution in [1.82, 2.24) is 15.0 Å². The fourth-order valence-corrected chi connectivity index (χ4v) is 6.06. The molecular formula is C41H27N3. The Morgan fingerprint density at radius 2 is 0.545 bits per heavy atom. The Labute approximate surface area is 256 Å². The van der Waals surface area contributed by atoms with Gasteiger partial charge in [0, 0.05) is 16.7 Å². The van der Waals surface area contributed by atoms with E-state index in [1.165, 1.54) is 22.3 Å². The van der Waals surface area contributed by atoms with Crippen LogP contribution in [-0.4, -0.2) is 15.0 Å². The maximum Gasteiger partial charge on any atom is 0.165 e. The summed E-state index contributed by atoms with van der Waals surface area (Å²) in [7, 11) is 0. The quantitative estimate of drug-likeness (QED) is 0.196. The predicted molar refractivity (Wildman–Crippen MR) is 182 cm³/mol. The van der Waals surface area contributed by atoms with E-state index in [0.717, 1.165) is 38.2 Å². The highest BCUT2D eigenvalue weighted by Crippen LogP contribution is 2.43. The molecular weight excluding hydrogens is 534 g/mol. The first kappa shape index (κ1) is 25.8. The minimum absolute atomic E-state index is 0.656. The zero-order valence-electron chi connectivity index (χ0n) is 23.9. The zero-order valence-corrected chi connectivity index (χ0v) is 23.9. The van der Waals surface area contributed by atoms with Crippen molar-refractivity contribution in [3.8, 4) is 56.4 Å². The third kappa shape index (κ3) is 4.61. The van der Waals surface area contributed by atoms with Crippen molar-refractivity contribution < 1.29 is 0 Å². The lowest BCUT2D eigenvalue weighted by Gasteiger charge is -2.17. The summed E-state index contributed by atoms with van der Waals surface area (Å²) < 4.78 is 0. The van der Waals surface area contributed by atoms with Crippen LogP contribution in [0.3, 0.4) is 0 Å². The molecule has 8 rings (SSSR count). The van der Waals surface area contributed by atoms with Crippen molar-refractivity contribution >= 4 is 21.5 Å². The van der Waals surface area contributed by atoms with E-state index in [0.29, 0.717) is 17.5 Å². The summed E-state index contributed by atoms with van der Waals surface area (Å²) in [6.07, 6.45) is 0. The molecule has 0 atom stereocenters. The number of rotatable bonds is 5. The monoisotopic (exact) mass is 561 g/mol. The fraction of sp³-hybridized carbons (Fsp3) is 0. The van der Waals surface area contributed by atoms with Gasteiger partial charge in [0.25, 0.3) is 0 Å². The first-order valence-electron chi connectivity index (χ1n) is 14.8. The van der Waals surface area contributed by atoms with Crippen LogP contribution in [0.5, 0.6) is 0 Å². The summed E-state index contributed by atoms with van der Waals surface area (Å²) in [6, 6.07) is 56.9. The normalized spacial score (nSPS) is 11.2. The van der Waals surface area contributed by atoms with E-state index in [1.807, 2.05) is 60.7 Å². The summed E-state index contributed by atoms with van der Waals surface area (Å²) in [5, 5.41) is 4.54. The van der Waals surface area contributed by atoms with Crippen molar-refractivity contribution in [1.29, 1.82) is 0 Å². The number of benzene rings is 7. The molecule has 1 aromatic heterocycles. The maximum absolute atomic E-state index is 5.13. The highest BCUT2D eigenvalue weighted by atomic mass is 15.0. The Morgan fingerprint density at radius 1 is 0.227 bits per heavy atom. The van der Waals surface area contributed by atoms with E-state index < -0.39 is 0 Å². The fourth-order valence-electron chi connectivity index (χ4n) is 6.06. The molecule has 0 saturated carbocycles. The van der Waals surface area contributed by atoms with E-state index in [-0.39, 0.29) is 0 Å². The summed E-state index contributed by atoms with van der Waals surface area (Å²) >= 11 is 0. The SMILES string of the molecule is c1ccc(-c2ccc(-c3c4ccccc4c(-c4nc(-c5ccccc5)nc(-c5ccccc5)n4)c4ccccc34)cc2)cc1. The first-order chi connectivity index (χ1) is 21.8. The highest BCUT2D eigenvalue weighted by Gasteiger charge is 2.20. The van der Waals surface area contributed by atoms with Crippen LogP contribution in [0.1, 0.15) is 0 Å². The van der Waals surface area contributed by atoms with Gasteiger partial charge < -0.3 is 0 Å². The average Bonchev–Trinajstić information content (AvgIpc) is 3.11. The minimum atomic E-state index is 0.656. The topological polar surface area (TPSA) is 38.7 Å². The second kappa shape index (κ2) is 11.0. The maximum atomic E-state index is 5.13. The third-order valence-electron chi connectivity index (χ3n) is 8.14. The van der Waals surface area contributed by atoms with Gasteiger partial charge in [-0.05, 0) is 43.8 Å². The molecule has 0 fully saturated rings. The molecule has 0 radical (unpaired) electrons. The molecule has 0 N–H and O–H groups in total. The van der Waals surface area contributed by atoms with E-state index in [2.05, 4.69) is 103 Å². The van der Waals surface area contributed by atoms with E-state index >= 15 is 0 Å². The molecule has 0 aliphatic heterocycles. The number of aromatic nitrogens is 3. The lowest BCUT2D eigenvalue weighted by atomic mass is 9.87. The van der Waals surface area contributed by atoms with Crippen molar-refractivity contribution in [2.24, 2.45) is 0 Å². The Balaban J connectivity index is 1.40. The molecule has 0 spiro atoms. The van der Waals surface area contributed by atoms with Gasteiger partial charge in [-0.15, -0.1) is 0 Å². The Morgan fingerprint density at radius 3 is 1.00 bits per heavy atom. The van der Waals surface area contributed by atoms with Gasteiger partial charge in [-0.1, -0.05) is 164 Å². The van der Waals surface area contributed by atoms with E-state index in [4.69, 9.17) is 15.0 Å². The van der Waals surface area contributed by atoms with Gasteiger partial charge in [-0.25, -0.2) is 15.0 Å². The van der Waals surface area contributed by atoms with Crippen LogP contribution in [0.4, 0.5) is 0 Å². The zero-order chi connectivity index (χ0) is 29.3. The van der Waals surface area contributed by atoms with Gasteiger partial charge in [-0.2, -0.15) is 0 Å². The molecule has 0 saturated heterocycles. The van der Waals surface area contributed by atoms with Crippen LogP contribution < -0.4 is 0 Å². The molecule has 8 aromatic rings. The molecule has 0 amide bonds. The first-order valence-corrected chi connectivity index (χ1v) is 14.8. The molecule has 44 heavy (non-hydrogen) atoms. The smallest absolute Gasteiger partial charge is 0.165 e. The Kier molecular flexibility index (Phi) is 6.47. The van der Waals surface area contributed by atoms with Crippen LogP contribution in [0.2, 0.25) is 0 Å². The van der Waals surface area contributed by atoms with Crippen molar-refractivity contribution in [2.45, 2.75) is 0 Å². The molecule has 0 bridgehead atoms. The molecule has 0 unspecified atom stereocenters. The molecule has 0 aliphatic rings. The second-order valence-electron chi connectivity index (χ2n) is 10.8. The highest BCUT2D eigenvalue weighted by molar-refractivity contribution is 6.20. The summed E-state index contributed by atoms with van der Waals surface area (Å²) in [5.41, 5.74) is 7.72. The van der Waals surface area contributed by atoms with Crippen LogP contribution >= 0.6 is 0 Å². The summed E-state index contributed by atoms with van der Waals surface area (Å²) in [4.78, 5) is 15.2. The summed E-state index contributed by atoms with van der Waals surface area (Å²) in [6.45, 7) is 0. The number of hydrogen-bond acceptors (Lipinski definition) is 3. The number of hydrogen-bond donors (Lipinski definition) is 0. The standard InChI is InChI=1S/C41H27N3/c1-4-14-28(15-5-1)29-24-26-30(27-25-29)37-33-20-10-12-22-35(33)38(36-23-13-11-21-34(36)37)41-43-39(31-16-6-2-7-17-31)42-40(44-41)32-18-8-3-9-19-32/h1-27H. The van der Waals surface area contributed by atoms with Crippen molar-refractivity contribution in [3.63, 3.8) is 0 Å². The third-order valence-corrected chi connectivity index (χ3v) is 8.14. The molecule has 3 nitrogen and oxygen atoms in total. The summed E-state index contributed by atoms with van der Waals surface area (Å²) in [5.74, 6) is 1.97. The van der Waals surface area contributed by atoms with Crippen LogP contribution in [0.15, 0.2) is 164 Å². The van der Waals surface area contributed by atoms with Crippen LogP contribution in [0.25, 0.3) is 78.0 Å². The predicted octanol–water partition coefficient (Wildman–Crippen LogP) is 10.5. The number of nitrogens with zero attached hydrogens (tertiary/aromatic N) is 3. The molecule has 1 heterocycles. The molecule has 3 heteroatoms. The van der Waals surface area contributed by atoms with Crippen LogP contribution in [0, 0.1) is 0 Å². The van der Waals surface area contributed by atoms with Crippen molar-refractivity contribution in [3.05, 3.63) is 164 Å².